The van der Waals surface area contributed by atoms with Gasteiger partial charge in [-0.2, -0.15) is 0 Å². The second-order valence-corrected chi connectivity index (χ2v) is 9.58. The van der Waals surface area contributed by atoms with Gasteiger partial charge in [-0.15, -0.1) is 0 Å². The van der Waals surface area contributed by atoms with Gasteiger partial charge in [-0.1, -0.05) is 31.4 Å². The molecule has 1 aromatic carbocycles. The van der Waals surface area contributed by atoms with E-state index in [1.807, 2.05) is 40.9 Å². The molecule has 1 fully saturated rings. The SMILES string of the molecule is CCCN1C(=O)c2c(-n3cccc3)c3cc(C)ccc3n2C[C@]1(C)C(=O)NC1CCCC1. The summed E-state index contributed by atoms with van der Waals surface area (Å²) in [6.45, 7) is 7.07. The van der Waals surface area contributed by atoms with Crippen LogP contribution in [0.5, 0.6) is 0 Å². The number of hydrogen-bond donors (Lipinski definition) is 1. The van der Waals surface area contributed by atoms with Crippen LogP contribution in [-0.4, -0.2) is 44.0 Å². The van der Waals surface area contributed by atoms with Crippen molar-refractivity contribution in [3.05, 3.63) is 54.0 Å². The molecule has 0 spiro atoms. The molecule has 1 saturated carbocycles. The second kappa shape index (κ2) is 7.84. The lowest BCUT2D eigenvalue weighted by atomic mass is 9.93. The molecule has 2 amide bonds. The van der Waals surface area contributed by atoms with Crippen molar-refractivity contribution in [1.82, 2.24) is 19.4 Å². The fraction of sp³-hybridized carbons (Fsp3) is 0.462. The first kappa shape index (κ1) is 20.9. The standard InChI is InChI=1S/C26H32N4O2/c1-4-13-30-24(31)23-22(28-14-7-8-15-28)20-16-18(2)11-12-21(20)29(23)17-26(30,3)25(32)27-19-9-5-6-10-19/h7-8,11-12,14-16,19H,4-6,9-10,13,17H2,1-3H3,(H,27,32)/t26-/m1/s1. The third kappa shape index (κ3) is 3.15. The molecule has 168 valence electrons. The van der Waals surface area contributed by atoms with E-state index in [9.17, 15) is 9.59 Å². The Morgan fingerprint density at radius 1 is 1.19 bits per heavy atom. The van der Waals surface area contributed by atoms with Crippen molar-refractivity contribution in [2.45, 2.75) is 71.0 Å². The van der Waals surface area contributed by atoms with Crippen LogP contribution < -0.4 is 5.32 Å². The fourth-order valence-electron chi connectivity index (χ4n) is 5.50. The molecular weight excluding hydrogens is 400 g/mol. The van der Waals surface area contributed by atoms with Crippen LogP contribution in [0.1, 0.15) is 62.0 Å². The number of benzene rings is 1. The lowest BCUT2D eigenvalue weighted by Crippen LogP contribution is -2.65. The van der Waals surface area contributed by atoms with Crippen molar-refractivity contribution in [3.8, 4) is 5.69 Å². The van der Waals surface area contributed by atoms with Gasteiger partial charge in [0.15, 0.2) is 0 Å². The third-order valence-electron chi connectivity index (χ3n) is 7.19. The molecule has 6 heteroatoms. The summed E-state index contributed by atoms with van der Waals surface area (Å²) in [6.07, 6.45) is 9.13. The van der Waals surface area contributed by atoms with Crippen LogP contribution in [0, 0.1) is 6.92 Å². The summed E-state index contributed by atoms with van der Waals surface area (Å²) in [5.74, 6) is -0.104. The minimum Gasteiger partial charge on any atom is -0.351 e. The van der Waals surface area contributed by atoms with Crippen molar-refractivity contribution in [2.75, 3.05) is 6.54 Å². The van der Waals surface area contributed by atoms with Gasteiger partial charge in [0.25, 0.3) is 5.91 Å². The van der Waals surface area contributed by atoms with Gasteiger partial charge in [-0.3, -0.25) is 9.59 Å². The minimum atomic E-state index is -0.923. The molecule has 1 aliphatic carbocycles. The van der Waals surface area contributed by atoms with Crippen molar-refractivity contribution >= 4 is 22.7 Å². The zero-order valence-corrected chi connectivity index (χ0v) is 19.2. The van der Waals surface area contributed by atoms with Gasteiger partial charge in [-0.05, 0) is 57.4 Å². The zero-order chi connectivity index (χ0) is 22.5. The number of rotatable bonds is 5. The predicted octanol–water partition coefficient (Wildman–Crippen LogP) is 4.42. The van der Waals surface area contributed by atoms with E-state index in [4.69, 9.17) is 0 Å². The number of fused-ring (bicyclic) bond motifs is 3. The molecule has 1 N–H and O–H groups in total. The van der Waals surface area contributed by atoms with E-state index in [1.165, 1.54) is 0 Å². The zero-order valence-electron chi connectivity index (χ0n) is 19.2. The predicted molar refractivity (Wildman–Crippen MR) is 126 cm³/mol. The summed E-state index contributed by atoms with van der Waals surface area (Å²) in [4.78, 5) is 29.5. The lowest BCUT2D eigenvalue weighted by Gasteiger charge is -2.44. The first-order valence-electron chi connectivity index (χ1n) is 11.8. The molecule has 2 aliphatic rings. The molecule has 5 rings (SSSR count). The van der Waals surface area contributed by atoms with Crippen LogP contribution in [0.15, 0.2) is 42.7 Å². The van der Waals surface area contributed by atoms with E-state index < -0.39 is 5.54 Å². The molecule has 2 aromatic heterocycles. The number of aryl methyl sites for hydroxylation is 1. The molecule has 0 unspecified atom stereocenters. The Morgan fingerprint density at radius 2 is 1.91 bits per heavy atom. The number of carbonyl (C=O) groups is 2. The molecule has 3 heterocycles. The molecule has 32 heavy (non-hydrogen) atoms. The Labute approximate surface area is 189 Å². The number of aromatic nitrogens is 2. The topological polar surface area (TPSA) is 59.3 Å². The van der Waals surface area contributed by atoms with E-state index in [0.29, 0.717) is 18.8 Å². The number of nitrogens with one attached hydrogen (secondary N) is 1. The Kier molecular flexibility index (Phi) is 5.11. The quantitative estimate of drug-likeness (QED) is 0.649. The van der Waals surface area contributed by atoms with Crippen LogP contribution in [0.25, 0.3) is 16.6 Å². The van der Waals surface area contributed by atoms with Gasteiger partial charge in [-0.25, -0.2) is 0 Å². The minimum absolute atomic E-state index is 0.0340. The molecule has 0 radical (unpaired) electrons. The maximum absolute atomic E-state index is 14.0. The highest BCUT2D eigenvalue weighted by Gasteiger charge is 2.49. The number of hydrogen-bond acceptors (Lipinski definition) is 2. The van der Waals surface area contributed by atoms with E-state index in [2.05, 4.69) is 41.9 Å². The highest BCUT2D eigenvalue weighted by Crippen LogP contribution is 2.38. The third-order valence-corrected chi connectivity index (χ3v) is 7.19. The summed E-state index contributed by atoms with van der Waals surface area (Å²) in [5, 5.41) is 4.31. The summed E-state index contributed by atoms with van der Waals surface area (Å²) >= 11 is 0. The van der Waals surface area contributed by atoms with Crippen molar-refractivity contribution < 1.29 is 9.59 Å². The van der Waals surface area contributed by atoms with Crippen molar-refractivity contribution in [3.63, 3.8) is 0 Å². The van der Waals surface area contributed by atoms with Gasteiger partial charge in [0, 0.05) is 30.4 Å². The van der Waals surface area contributed by atoms with Gasteiger partial charge in [0.05, 0.1) is 17.7 Å². The molecule has 1 atom stereocenters. The van der Waals surface area contributed by atoms with Crippen LogP contribution in [0.2, 0.25) is 0 Å². The Morgan fingerprint density at radius 3 is 2.59 bits per heavy atom. The smallest absolute Gasteiger partial charge is 0.273 e. The van der Waals surface area contributed by atoms with Crippen molar-refractivity contribution in [1.29, 1.82) is 0 Å². The number of amides is 2. The summed E-state index contributed by atoms with van der Waals surface area (Å²) in [7, 11) is 0. The number of nitrogens with zero attached hydrogens (tertiary/aromatic N) is 3. The van der Waals surface area contributed by atoms with Crippen LogP contribution >= 0.6 is 0 Å². The van der Waals surface area contributed by atoms with Crippen LogP contribution in [0.3, 0.4) is 0 Å². The summed E-state index contributed by atoms with van der Waals surface area (Å²) in [5.41, 5.74) is 2.79. The highest BCUT2D eigenvalue weighted by molar-refractivity contribution is 6.09. The van der Waals surface area contributed by atoms with Gasteiger partial charge >= 0.3 is 0 Å². The fourth-order valence-corrected chi connectivity index (χ4v) is 5.50. The molecule has 0 bridgehead atoms. The van der Waals surface area contributed by atoms with E-state index >= 15 is 0 Å². The first-order valence-corrected chi connectivity index (χ1v) is 11.8. The van der Waals surface area contributed by atoms with Gasteiger partial charge < -0.3 is 19.4 Å². The molecule has 3 aromatic rings. The van der Waals surface area contributed by atoms with Gasteiger partial charge in [0.1, 0.15) is 11.2 Å². The number of carbonyl (C=O) groups excluding carboxylic acids is 2. The van der Waals surface area contributed by atoms with E-state index in [-0.39, 0.29) is 17.9 Å². The summed E-state index contributed by atoms with van der Waals surface area (Å²) < 4.78 is 4.10. The maximum atomic E-state index is 14.0. The summed E-state index contributed by atoms with van der Waals surface area (Å²) in [6, 6.07) is 10.5. The first-order chi connectivity index (χ1) is 15.4. The van der Waals surface area contributed by atoms with Crippen LogP contribution in [-0.2, 0) is 11.3 Å². The molecule has 0 saturated heterocycles. The van der Waals surface area contributed by atoms with E-state index in [0.717, 1.165) is 54.3 Å². The van der Waals surface area contributed by atoms with Gasteiger partial charge in [0.2, 0.25) is 5.91 Å². The van der Waals surface area contributed by atoms with Crippen molar-refractivity contribution in [2.24, 2.45) is 0 Å². The average Bonchev–Trinajstić information content (AvgIpc) is 3.51. The second-order valence-electron chi connectivity index (χ2n) is 9.58. The Bertz CT molecular complexity index is 1170. The Balaban J connectivity index is 1.68. The monoisotopic (exact) mass is 432 g/mol. The molecule has 6 nitrogen and oxygen atoms in total. The largest absolute Gasteiger partial charge is 0.351 e. The van der Waals surface area contributed by atoms with E-state index in [1.54, 1.807) is 0 Å². The molecular formula is C26H32N4O2. The highest BCUT2D eigenvalue weighted by atomic mass is 16.2. The average molecular weight is 433 g/mol. The van der Waals surface area contributed by atoms with Crippen LogP contribution in [0.4, 0.5) is 0 Å². The Hall–Kier alpha value is -3.02. The molecule has 1 aliphatic heterocycles. The lowest BCUT2D eigenvalue weighted by molar-refractivity contribution is -0.133. The maximum Gasteiger partial charge on any atom is 0.273 e. The normalized spacial score (nSPS) is 21.3.